The topological polar surface area (TPSA) is 61.9 Å². The molecule has 2 aliphatic heterocycles. The minimum Gasteiger partial charge on any atom is -0.435 e. The Morgan fingerprint density at radius 2 is 2.00 bits per heavy atom. The minimum absolute atomic E-state index is 0.0227. The van der Waals surface area contributed by atoms with Crippen molar-refractivity contribution in [3.63, 3.8) is 0 Å². The first-order valence-corrected chi connectivity index (χ1v) is 8.39. The molecule has 2 saturated heterocycles. The molecule has 0 bridgehead atoms. The molecule has 2 fully saturated rings. The summed E-state index contributed by atoms with van der Waals surface area (Å²) in [6.45, 7) is 0.00862. The number of hydrogen-bond acceptors (Lipinski definition) is 4. The SMILES string of the molecule is O=C(c1ccc(OC(F)F)cc1)N1CCCC(N2CCNCC2=O)C1. The molecule has 8 heteroatoms. The maximum Gasteiger partial charge on any atom is 0.387 e. The first-order valence-electron chi connectivity index (χ1n) is 8.39. The summed E-state index contributed by atoms with van der Waals surface area (Å²) in [5.74, 6) is -0.0654. The molecule has 25 heavy (non-hydrogen) atoms. The number of piperazine rings is 1. The van der Waals surface area contributed by atoms with Crippen molar-refractivity contribution >= 4 is 11.8 Å². The summed E-state index contributed by atoms with van der Waals surface area (Å²) in [4.78, 5) is 28.3. The van der Waals surface area contributed by atoms with Crippen LogP contribution in [0.25, 0.3) is 0 Å². The van der Waals surface area contributed by atoms with E-state index in [0.29, 0.717) is 31.7 Å². The minimum atomic E-state index is -2.89. The van der Waals surface area contributed by atoms with E-state index >= 15 is 0 Å². The summed E-state index contributed by atoms with van der Waals surface area (Å²) >= 11 is 0. The van der Waals surface area contributed by atoms with E-state index in [9.17, 15) is 18.4 Å². The molecule has 1 N–H and O–H groups in total. The molecule has 1 aromatic carbocycles. The molecule has 1 aromatic rings. The highest BCUT2D eigenvalue weighted by atomic mass is 19.3. The third kappa shape index (κ3) is 4.25. The molecule has 0 aliphatic carbocycles. The number of benzene rings is 1. The summed E-state index contributed by atoms with van der Waals surface area (Å²) in [5.41, 5.74) is 0.425. The van der Waals surface area contributed by atoms with E-state index in [2.05, 4.69) is 10.1 Å². The number of likely N-dealkylation sites (tertiary alicyclic amines) is 1. The Labute approximate surface area is 144 Å². The fourth-order valence-electron chi connectivity index (χ4n) is 3.36. The molecule has 0 saturated carbocycles. The van der Waals surface area contributed by atoms with Gasteiger partial charge in [0, 0.05) is 37.8 Å². The largest absolute Gasteiger partial charge is 0.435 e. The number of hydrogen-bond donors (Lipinski definition) is 1. The highest BCUT2D eigenvalue weighted by molar-refractivity contribution is 5.94. The number of alkyl halides is 2. The molecule has 3 rings (SSSR count). The van der Waals surface area contributed by atoms with Crippen molar-refractivity contribution in [2.75, 3.05) is 32.7 Å². The monoisotopic (exact) mass is 353 g/mol. The van der Waals surface area contributed by atoms with Gasteiger partial charge in [0.2, 0.25) is 5.91 Å². The van der Waals surface area contributed by atoms with Crippen LogP contribution in [0.5, 0.6) is 5.75 Å². The van der Waals surface area contributed by atoms with Gasteiger partial charge in [-0.2, -0.15) is 8.78 Å². The Kier molecular flexibility index (Phi) is 5.47. The molecule has 2 heterocycles. The first kappa shape index (κ1) is 17.6. The Hall–Kier alpha value is -2.22. The maximum absolute atomic E-state index is 12.7. The Bertz CT molecular complexity index is 624. The van der Waals surface area contributed by atoms with E-state index in [0.717, 1.165) is 19.4 Å². The van der Waals surface area contributed by atoms with Crippen molar-refractivity contribution < 1.29 is 23.1 Å². The molecule has 2 aliphatic rings. The molecule has 136 valence electrons. The second kappa shape index (κ2) is 7.77. The maximum atomic E-state index is 12.7. The van der Waals surface area contributed by atoms with Gasteiger partial charge >= 0.3 is 6.61 Å². The number of nitrogens with zero attached hydrogens (tertiary/aromatic N) is 2. The van der Waals surface area contributed by atoms with Gasteiger partial charge in [-0.05, 0) is 37.1 Å². The van der Waals surface area contributed by atoms with Gasteiger partial charge in [-0.1, -0.05) is 0 Å². The fraction of sp³-hybridized carbons (Fsp3) is 0.529. The standard InChI is InChI=1S/C17H21F2N3O3/c18-17(19)25-14-5-3-12(4-6-14)16(24)21-8-1-2-13(11-21)22-9-7-20-10-15(22)23/h3-6,13,17,20H,1-2,7-11H2. The predicted octanol–water partition coefficient (Wildman–Crippen LogP) is 1.32. The van der Waals surface area contributed by atoms with E-state index in [-0.39, 0.29) is 23.6 Å². The summed E-state index contributed by atoms with van der Waals surface area (Å²) < 4.78 is 28.7. The summed E-state index contributed by atoms with van der Waals surface area (Å²) in [6, 6.07) is 5.73. The van der Waals surface area contributed by atoms with Gasteiger partial charge < -0.3 is 19.9 Å². The van der Waals surface area contributed by atoms with Gasteiger partial charge in [-0.15, -0.1) is 0 Å². The van der Waals surface area contributed by atoms with Gasteiger partial charge in [0.1, 0.15) is 5.75 Å². The Morgan fingerprint density at radius 1 is 1.24 bits per heavy atom. The van der Waals surface area contributed by atoms with E-state index in [4.69, 9.17) is 0 Å². The number of ether oxygens (including phenoxy) is 1. The number of nitrogens with one attached hydrogen (secondary N) is 1. The van der Waals surface area contributed by atoms with Gasteiger partial charge in [-0.25, -0.2) is 0 Å². The van der Waals surface area contributed by atoms with E-state index in [1.165, 1.54) is 24.3 Å². The predicted molar refractivity (Wildman–Crippen MR) is 86.6 cm³/mol. The average molecular weight is 353 g/mol. The lowest BCUT2D eigenvalue weighted by Gasteiger charge is -2.41. The van der Waals surface area contributed by atoms with Crippen LogP contribution < -0.4 is 10.1 Å². The van der Waals surface area contributed by atoms with Crippen LogP contribution in [0.1, 0.15) is 23.2 Å². The number of carbonyl (C=O) groups excluding carboxylic acids is 2. The van der Waals surface area contributed by atoms with Crippen molar-refractivity contribution in [1.82, 2.24) is 15.1 Å². The van der Waals surface area contributed by atoms with Crippen molar-refractivity contribution in [2.45, 2.75) is 25.5 Å². The molecule has 2 amide bonds. The second-order valence-electron chi connectivity index (χ2n) is 6.21. The summed E-state index contributed by atoms with van der Waals surface area (Å²) in [5, 5.41) is 3.05. The zero-order chi connectivity index (χ0) is 17.8. The molecular weight excluding hydrogens is 332 g/mol. The van der Waals surface area contributed by atoms with Gasteiger partial charge in [0.25, 0.3) is 5.91 Å². The third-order valence-electron chi connectivity index (χ3n) is 4.58. The van der Waals surface area contributed by atoms with E-state index in [1.54, 1.807) is 4.90 Å². The van der Waals surface area contributed by atoms with Crippen molar-refractivity contribution in [3.8, 4) is 5.75 Å². The fourth-order valence-corrected chi connectivity index (χ4v) is 3.36. The summed E-state index contributed by atoms with van der Waals surface area (Å²) in [7, 11) is 0. The quantitative estimate of drug-likeness (QED) is 0.887. The van der Waals surface area contributed by atoms with Crippen LogP contribution in [-0.4, -0.2) is 67.0 Å². The summed E-state index contributed by atoms with van der Waals surface area (Å²) in [6.07, 6.45) is 1.72. The lowest BCUT2D eigenvalue weighted by Crippen LogP contribution is -2.57. The lowest BCUT2D eigenvalue weighted by molar-refractivity contribution is -0.135. The first-order chi connectivity index (χ1) is 12.0. The smallest absolute Gasteiger partial charge is 0.387 e. The van der Waals surface area contributed by atoms with Crippen LogP contribution in [0.2, 0.25) is 0 Å². The van der Waals surface area contributed by atoms with Crippen LogP contribution in [-0.2, 0) is 4.79 Å². The van der Waals surface area contributed by atoms with Crippen LogP contribution >= 0.6 is 0 Å². The molecule has 0 spiro atoms. The molecule has 1 atom stereocenters. The van der Waals surface area contributed by atoms with Gasteiger partial charge in [0.05, 0.1) is 6.54 Å². The zero-order valence-electron chi connectivity index (χ0n) is 13.8. The molecule has 1 unspecified atom stereocenters. The third-order valence-corrected chi connectivity index (χ3v) is 4.58. The number of carbonyl (C=O) groups is 2. The number of halogens is 2. The Morgan fingerprint density at radius 3 is 2.68 bits per heavy atom. The second-order valence-corrected chi connectivity index (χ2v) is 6.21. The molecule has 0 radical (unpaired) electrons. The van der Waals surface area contributed by atoms with Crippen molar-refractivity contribution in [2.24, 2.45) is 0 Å². The lowest BCUT2D eigenvalue weighted by atomic mass is 10.0. The van der Waals surface area contributed by atoms with Crippen LogP contribution in [0.3, 0.4) is 0 Å². The van der Waals surface area contributed by atoms with Crippen LogP contribution in [0.4, 0.5) is 8.78 Å². The van der Waals surface area contributed by atoms with Crippen molar-refractivity contribution in [3.05, 3.63) is 29.8 Å². The van der Waals surface area contributed by atoms with Crippen LogP contribution in [0.15, 0.2) is 24.3 Å². The normalized spacial score (nSPS) is 21.6. The average Bonchev–Trinajstić information content (AvgIpc) is 2.62. The molecule has 6 nitrogen and oxygen atoms in total. The number of rotatable bonds is 4. The van der Waals surface area contributed by atoms with Crippen LogP contribution in [0, 0.1) is 0 Å². The van der Waals surface area contributed by atoms with Crippen molar-refractivity contribution in [1.29, 1.82) is 0 Å². The van der Waals surface area contributed by atoms with Gasteiger partial charge in [0.15, 0.2) is 0 Å². The zero-order valence-corrected chi connectivity index (χ0v) is 13.8. The van der Waals surface area contributed by atoms with E-state index < -0.39 is 6.61 Å². The number of amides is 2. The molecule has 0 aromatic heterocycles. The number of piperidine rings is 1. The van der Waals surface area contributed by atoms with E-state index in [1.807, 2.05) is 4.90 Å². The Balaban J connectivity index is 1.64. The van der Waals surface area contributed by atoms with Gasteiger partial charge in [-0.3, -0.25) is 9.59 Å². The molecular formula is C17H21F2N3O3. The highest BCUT2D eigenvalue weighted by Gasteiger charge is 2.31. The highest BCUT2D eigenvalue weighted by Crippen LogP contribution is 2.21.